The first kappa shape index (κ1) is 12.0. The number of ether oxygens (including phenoxy) is 1. The molecule has 0 saturated carbocycles. The van der Waals surface area contributed by atoms with Gasteiger partial charge in [0.05, 0.1) is 6.10 Å². The molecule has 0 radical (unpaired) electrons. The fourth-order valence-corrected chi connectivity index (χ4v) is 1.21. The van der Waals surface area contributed by atoms with Gasteiger partial charge in [0.25, 0.3) is 0 Å². The topological polar surface area (TPSA) is 32.7 Å². The van der Waals surface area contributed by atoms with Crippen LogP contribution in [0, 0.1) is 0 Å². The van der Waals surface area contributed by atoms with Crippen molar-refractivity contribution in [1.82, 2.24) is 4.90 Å². The highest BCUT2D eigenvalue weighted by molar-refractivity contribution is 5.29. The van der Waals surface area contributed by atoms with E-state index in [2.05, 4.69) is 4.90 Å². The summed E-state index contributed by atoms with van der Waals surface area (Å²) >= 11 is 0. The van der Waals surface area contributed by atoms with Crippen LogP contribution in [0.25, 0.3) is 0 Å². The third-order valence-corrected chi connectivity index (χ3v) is 2.15. The van der Waals surface area contributed by atoms with Gasteiger partial charge in [-0.2, -0.15) is 0 Å². The van der Waals surface area contributed by atoms with Gasteiger partial charge in [-0.3, -0.25) is 0 Å². The molecule has 1 N–H and O–H groups in total. The Morgan fingerprint density at radius 3 is 2.73 bits per heavy atom. The second kappa shape index (κ2) is 5.73. The van der Waals surface area contributed by atoms with E-state index in [1.807, 2.05) is 38.4 Å². The molecule has 3 heteroatoms. The summed E-state index contributed by atoms with van der Waals surface area (Å²) in [5.74, 6) is 0.815. The SMILES string of the molecule is C[C@H](O)c1cccc(OCCN(C)C)c1. The molecule has 0 aliphatic heterocycles. The van der Waals surface area contributed by atoms with Crippen LogP contribution < -0.4 is 4.74 Å². The molecule has 15 heavy (non-hydrogen) atoms. The van der Waals surface area contributed by atoms with Gasteiger partial charge in [-0.15, -0.1) is 0 Å². The van der Waals surface area contributed by atoms with E-state index in [4.69, 9.17) is 4.74 Å². The van der Waals surface area contributed by atoms with E-state index in [9.17, 15) is 5.11 Å². The minimum Gasteiger partial charge on any atom is -0.492 e. The van der Waals surface area contributed by atoms with Crippen molar-refractivity contribution in [2.24, 2.45) is 0 Å². The predicted molar refractivity (Wildman–Crippen MR) is 61.1 cm³/mol. The molecule has 0 saturated heterocycles. The molecular formula is C12H19NO2. The van der Waals surface area contributed by atoms with Gasteiger partial charge in [0.2, 0.25) is 0 Å². The minimum absolute atomic E-state index is 0.442. The van der Waals surface area contributed by atoms with Gasteiger partial charge < -0.3 is 14.7 Å². The molecule has 0 aliphatic carbocycles. The molecule has 0 heterocycles. The normalized spacial score (nSPS) is 12.9. The van der Waals surface area contributed by atoms with Crippen molar-refractivity contribution < 1.29 is 9.84 Å². The van der Waals surface area contributed by atoms with Gasteiger partial charge in [0.15, 0.2) is 0 Å². The standard InChI is InChI=1S/C12H19NO2/c1-10(14)11-5-4-6-12(9-11)15-8-7-13(2)3/h4-6,9-10,14H,7-8H2,1-3H3/t10-/m0/s1. The number of hydrogen-bond acceptors (Lipinski definition) is 3. The van der Waals surface area contributed by atoms with Crippen LogP contribution in [0.4, 0.5) is 0 Å². The molecule has 0 fully saturated rings. The number of aliphatic hydroxyl groups is 1. The highest BCUT2D eigenvalue weighted by Gasteiger charge is 2.02. The van der Waals surface area contributed by atoms with Crippen LogP contribution in [-0.2, 0) is 0 Å². The first-order valence-corrected chi connectivity index (χ1v) is 5.15. The van der Waals surface area contributed by atoms with Crippen LogP contribution in [0.3, 0.4) is 0 Å². The molecule has 1 aromatic rings. The van der Waals surface area contributed by atoms with Crippen molar-refractivity contribution in [3.63, 3.8) is 0 Å². The van der Waals surface area contributed by atoms with Crippen LogP contribution in [0.2, 0.25) is 0 Å². The first-order chi connectivity index (χ1) is 7.09. The summed E-state index contributed by atoms with van der Waals surface area (Å²) in [5, 5.41) is 9.40. The summed E-state index contributed by atoms with van der Waals surface area (Å²) in [6, 6.07) is 7.57. The fourth-order valence-electron chi connectivity index (χ4n) is 1.21. The van der Waals surface area contributed by atoms with E-state index < -0.39 is 6.10 Å². The van der Waals surface area contributed by atoms with E-state index in [-0.39, 0.29) is 0 Å². The van der Waals surface area contributed by atoms with Gasteiger partial charge in [-0.05, 0) is 38.7 Å². The summed E-state index contributed by atoms with van der Waals surface area (Å²) in [6.07, 6.45) is -0.442. The van der Waals surface area contributed by atoms with Crippen LogP contribution >= 0.6 is 0 Å². The summed E-state index contributed by atoms with van der Waals surface area (Å²) in [5.41, 5.74) is 0.886. The molecule has 0 aliphatic rings. The molecule has 1 rings (SSSR count). The second-order valence-corrected chi connectivity index (χ2v) is 3.90. The zero-order valence-corrected chi connectivity index (χ0v) is 9.60. The van der Waals surface area contributed by atoms with Crippen LogP contribution in [-0.4, -0.2) is 37.3 Å². The van der Waals surface area contributed by atoms with Crippen LogP contribution in [0.5, 0.6) is 5.75 Å². The van der Waals surface area contributed by atoms with Gasteiger partial charge in [0.1, 0.15) is 12.4 Å². The molecule has 1 atom stereocenters. The van der Waals surface area contributed by atoms with Crippen molar-refractivity contribution in [3.05, 3.63) is 29.8 Å². The zero-order chi connectivity index (χ0) is 11.3. The summed E-state index contributed by atoms with van der Waals surface area (Å²) < 4.78 is 5.55. The first-order valence-electron chi connectivity index (χ1n) is 5.15. The molecule has 0 aromatic heterocycles. The third kappa shape index (κ3) is 4.32. The Hall–Kier alpha value is -1.06. The Morgan fingerprint density at radius 1 is 1.40 bits per heavy atom. The number of aliphatic hydroxyl groups excluding tert-OH is 1. The van der Waals surface area contributed by atoms with Crippen molar-refractivity contribution in [3.8, 4) is 5.75 Å². The Balaban J connectivity index is 2.50. The summed E-state index contributed by atoms with van der Waals surface area (Å²) in [7, 11) is 4.02. The molecule has 84 valence electrons. The number of hydrogen-bond donors (Lipinski definition) is 1. The molecule has 3 nitrogen and oxygen atoms in total. The second-order valence-electron chi connectivity index (χ2n) is 3.90. The van der Waals surface area contributed by atoms with Gasteiger partial charge in [-0.25, -0.2) is 0 Å². The molecule has 0 unspecified atom stereocenters. The number of nitrogens with zero attached hydrogens (tertiary/aromatic N) is 1. The molecule has 0 bridgehead atoms. The molecular weight excluding hydrogens is 190 g/mol. The maximum atomic E-state index is 9.40. The van der Waals surface area contributed by atoms with E-state index in [1.165, 1.54) is 0 Å². The average Bonchev–Trinajstić information content (AvgIpc) is 2.17. The fraction of sp³-hybridized carbons (Fsp3) is 0.500. The van der Waals surface area contributed by atoms with Crippen molar-refractivity contribution in [1.29, 1.82) is 0 Å². The minimum atomic E-state index is -0.442. The number of rotatable bonds is 5. The molecule has 1 aromatic carbocycles. The van der Waals surface area contributed by atoms with Crippen molar-refractivity contribution in [2.45, 2.75) is 13.0 Å². The highest BCUT2D eigenvalue weighted by Crippen LogP contribution is 2.18. The van der Waals surface area contributed by atoms with E-state index >= 15 is 0 Å². The number of likely N-dealkylation sites (N-methyl/N-ethyl adjacent to an activating group) is 1. The smallest absolute Gasteiger partial charge is 0.119 e. The quantitative estimate of drug-likeness (QED) is 0.801. The zero-order valence-electron chi connectivity index (χ0n) is 9.60. The largest absolute Gasteiger partial charge is 0.492 e. The van der Waals surface area contributed by atoms with E-state index in [1.54, 1.807) is 6.92 Å². The average molecular weight is 209 g/mol. The molecule has 0 spiro atoms. The monoisotopic (exact) mass is 209 g/mol. The summed E-state index contributed by atoms with van der Waals surface area (Å²) in [6.45, 7) is 3.30. The highest BCUT2D eigenvalue weighted by atomic mass is 16.5. The lowest BCUT2D eigenvalue weighted by Gasteiger charge is -2.12. The maximum absolute atomic E-state index is 9.40. The van der Waals surface area contributed by atoms with Crippen LogP contribution in [0.1, 0.15) is 18.6 Å². The lowest BCUT2D eigenvalue weighted by molar-refractivity contribution is 0.198. The summed E-state index contributed by atoms with van der Waals surface area (Å²) in [4.78, 5) is 2.07. The Morgan fingerprint density at radius 2 is 2.13 bits per heavy atom. The van der Waals surface area contributed by atoms with Crippen LogP contribution in [0.15, 0.2) is 24.3 Å². The predicted octanol–water partition coefficient (Wildman–Crippen LogP) is 1.68. The van der Waals surface area contributed by atoms with E-state index in [0.29, 0.717) is 6.61 Å². The lowest BCUT2D eigenvalue weighted by Crippen LogP contribution is -2.19. The van der Waals surface area contributed by atoms with Gasteiger partial charge in [0, 0.05) is 6.54 Å². The van der Waals surface area contributed by atoms with E-state index in [0.717, 1.165) is 17.9 Å². The third-order valence-electron chi connectivity index (χ3n) is 2.15. The van der Waals surface area contributed by atoms with Crippen molar-refractivity contribution in [2.75, 3.05) is 27.2 Å². The van der Waals surface area contributed by atoms with Crippen molar-refractivity contribution >= 4 is 0 Å². The maximum Gasteiger partial charge on any atom is 0.119 e. The molecule has 0 amide bonds. The Kier molecular flexibility index (Phi) is 4.59. The number of benzene rings is 1. The van der Waals surface area contributed by atoms with Gasteiger partial charge in [-0.1, -0.05) is 12.1 Å². The Labute approximate surface area is 91.3 Å². The van der Waals surface area contributed by atoms with Gasteiger partial charge >= 0.3 is 0 Å². The Bertz CT molecular complexity index is 297. The lowest BCUT2D eigenvalue weighted by atomic mass is 10.1.